The molecule has 0 fully saturated rings. The Morgan fingerprint density at radius 3 is 2.68 bits per heavy atom. The molecule has 0 N–H and O–H groups in total. The second kappa shape index (κ2) is 5.01. The maximum Gasteiger partial charge on any atom is 0.330 e. The summed E-state index contributed by atoms with van der Waals surface area (Å²) in [5, 5.41) is 0. The Hall–Kier alpha value is -1.29. The summed E-state index contributed by atoms with van der Waals surface area (Å²) in [5.74, 6) is 0.581. The summed E-state index contributed by atoms with van der Waals surface area (Å²) in [6.45, 7) is 8.44. The third-order valence-electron chi connectivity index (χ3n) is 4.08. The fourth-order valence-electron chi connectivity index (χ4n) is 1.89. The van der Waals surface area contributed by atoms with Crippen molar-refractivity contribution in [3.8, 4) is 0 Å². The minimum Gasteiger partial charge on any atom is -0.429 e. The van der Waals surface area contributed by atoms with Gasteiger partial charge in [-0.05, 0) is 31.4 Å². The number of fused-ring (bicyclic) bond motifs is 1. The van der Waals surface area contributed by atoms with E-state index in [4.69, 9.17) is 4.65 Å². The van der Waals surface area contributed by atoms with Crippen molar-refractivity contribution in [1.82, 2.24) is 0 Å². The minimum atomic E-state index is -0.194. The lowest BCUT2D eigenvalue weighted by atomic mass is 9.83. The average molecular weight is 258 g/mol. The first-order chi connectivity index (χ1) is 8.81. The Morgan fingerprint density at radius 2 is 2.05 bits per heavy atom. The standard InChI is InChI=1S/C15H21BNO2/c1-10(2)15(3,4)19-16-12-7-6-11-8-14(18)17(5)13(11)9-12/h6-7,9-10H,8H2,1-5H3. The van der Waals surface area contributed by atoms with Crippen molar-refractivity contribution in [2.75, 3.05) is 11.9 Å². The predicted molar refractivity (Wildman–Crippen MR) is 78.9 cm³/mol. The molecule has 1 amide bonds. The highest BCUT2D eigenvalue weighted by molar-refractivity contribution is 6.47. The van der Waals surface area contributed by atoms with E-state index in [9.17, 15) is 4.79 Å². The number of carbonyl (C=O) groups is 1. The number of hydrogen-bond acceptors (Lipinski definition) is 2. The highest BCUT2D eigenvalue weighted by Gasteiger charge is 2.26. The van der Waals surface area contributed by atoms with Gasteiger partial charge in [0.1, 0.15) is 0 Å². The van der Waals surface area contributed by atoms with E-state index in [1.807, 2.05) is 25.2 Å². The van der Waals surface area contributed by atoms with Crippen LogP contribution in [-0.2, 0) is 15.9 Å². The first kappa shape index (κ1) is 14.1. The summed E-state index contributed by atoms with van der Waals surface area (Å²) in [7, 11) is 3.60. The maximum atomic E-state index is 11.6. The zero-order valence-electron chi connectivity index (χ0n) is 12.4. The van der Waals surface area contributed by atoms with Crippen LogP contribution in [0, 0.1) is 5.92 Å². The van der Waals surface area contributed by atoms with Crippen LogP contribution in [0.4, 0.5) is 5.69 Å². The average Bonchev–Trinajstić information content (AvgIpc) is 2.63. The van der Waals surface area contributed by atoms with Gasteiger partial charge in [-0.25, -0.2) is 0 Å². The molecule has 1 heterocycles. The smallest absolute Gasteiger partial charge is 0.330 e. The van der Waals surface area contributed by atoms with Crippen molar-refractivity contribution < 1.29 is 9.45 Å². The third kappa shape index (κ3) is 2.84. The monoisotopic (exact) mass is 258 g/mol. The third-order valence-corrected chi connectivity index (χ3v) is 4.08. The molecule has 0 aromatic heterocycles. The summed E-state index contributed by atoms with van der Waals surface area (Å²) in [5.41, 5.74) is 2.88. The molecule has 0 saturated heterocycles. The molecule has 0 unspecified atom stereocenters. The number of rotatable bonds is 4. The van der Waals surface area contributed by atoms with Crippen molar-refractivity contribution in [2.24, 2.45) is 5.92 Å². The Bertz CT molecular complexity index is 497. The molecule has 1 aliphatic rings. The van der Waals surface area contributed by atoms with E-state index in [1.54, 1.807) is 12.4 Å². The highest BCUT2D eigenvalue weighted by atomic mass is 16.5. The van der Waals surface area contributed by atoms with Gasteiger partial charge in [0, 0.05) is 18.3 Å². The number of likely N-dealkylation sites (N-methyl/N-ethyl adjacent to an activating group) is 1. The molecule has 3 nitrogen and oxygen atoms in total. The lowest BCUT2D eigenvalue weighted by Gasteiger charge is -2.30. The summed E-state index contributed by atoms with van der Waals surface area (Å²) in [6, 6.07) is 6.02. The van der Waals surface area contributed by atoms with Crippen molar-refractivity contribution in [3.63, 3.8) is 0 Å². The zero-order chi connectivity index (χ0) is 14.2. The molecular weight excluding hydrogens is 237 g/mol. The lowest BCUT2D eigenvalue weighted by molar-refractivity contribution is -0.117. The molecule has 19 heavy (non-hydrogen) atoms. The molecule has 4 heteroatoms. The summed E-state index contributed by atoms with van der Waals surface area (Å²) >= 11 is 0. The lowest BCUT2D eigenvalue weighted by Crippen LogP contribution is -2.36. The molecule has 0 atom stereocenters. The molecule has 101 valence electrons. The minimum absolute atomic E-state index is 0.149. The van der Waals surface area contributed by atoms with Gasteiger partial charge in [-0.3, -0.25) is 4.79 Å². The topological polar surface area (TPSA) is 29.5 Å². The molecule has 2 rings (SSSR count). The normalized spacial score (nSPS) is 15.1. The van der Waals surface area contributed by atoms with Crippen LogP contribution in [0.5, 0.6) is 0 Å². The fraction of sp³-hybridized carbons (Fsp3) is 0.533. The van der Waals surface area contributed by atoms with Crippen molar-refractivity contribution in [3.05, 3.63) is 23.8 Å². The van der Waals surface area contributed by atoms with E-state index < -0.39 is 0 Å². The first-order valence-corrected chi connectivity index (χ1v) is 6.72. The zero-order valence-corrected chi connectivity index (χ0v) is 12.4. The summed E-state index contributed by atoms with van der Waals surface area (Å²) in [4.78, 5) is 13.3. The van der Waals surface area contributed by atoms with Crippen LogP contribution in [0.1, 0.15) is 33.3 Å². The van der Waals surface area contributed by atoms with Gasteiger partial charge in [-0.2, -0.15) is 0 Å². The van der Waals surface area contributed by atoms with Crippen molar-refractivity contribution in [1.29, 1.82) is 0 Å². The SMILES string of the molecule is CC(C)C(C)(C)O[B]c1ccc2c(c1)N(C)C(=O)C2. The van der Waals surface area contributed by atoms with Gasteiger partial charge < -0.3 is 9.55 Å². The molecule has 1 aromatic carbocycles. The van der Waals surface area contributed by atoms with Gasteiger partial charge in [0.2, 0.25) is 5.91 Å². The fourth-order valence-corrected chi connectivity index (χ4v) is 1.89. The van der Waals surface area contributed by atoms with Crippen molar-refractivity contribution >= 4 is 24.5 Å². The van der Waals surface area contributed by atoms with E-state index in [1.165, 1.54) is 0 Å². The number of amides is 1. The van der Waals surface area contributed by atoms with Crippen LogP contribution < -0.4 is 10.4 Å². The molecule has 1 radical (unpaired) electrons. The van der Waals surface area contributed by atoms with Crippen LogP contribution in [0.3, 0.4) is 0 Å². The van der Waals surface area contributed by atoms with Crippen LogP contribution in [-0.4, -0.2) is 26.0 Å². The number of hydrogen-bond donors (Lipinski definition) is 0. The Morgan fingerprint density at radius 1 is 1.37 bits per heavy atom. The second-order valence-corrected chi connectivity index (χ2v) is 6.01. The highest BCUT2D eigenvalue weighted by Crippen LogP contribution is 2.26. The molecule has 0 aliphatic carbocycles. The summed E-state index contributed by atoms with van der Waals surface area (Å²) in [6.07, 6.45) is 0.504. The van der Waals surface area contributed by atoms with Gasteiger partial charge in [-0.1, -0.05) is 31.4 Å². The molecule has 1 aliphatic heterocycles. The quantitative estimate of drug-likeness (QED) is 0.772. The number of anilines is 1. The van der Waals surface area contributed by atoms with E-state index in [0.717, 1.165) is 16.7 Å². The molecular formula is C15H21BNO2. The predicted octanol–water partition coefficient (Wildman–Crippen LogP) is 1.90. The van der Waals surface area contributed by atoms with Gasteiger partial charge in [0.05, 0.1) is 6.42 Å². The number of carbonyl (C=O) groups excluding carboxylic acids is 1. The largest absolute Gasteiger partial charge is 0.429 e. The van der Waals surface area contributed by atoms with Crippen LogP contribution >= 0.6 is 0 Å². The van der Waals surface area contributed by atoms with Gasteiger partial charge in [0.25, 0.3) is 0 Å². The van der Waals surface area contributed by atoms with Crippen LogP contribution in [0.25, 0.3) is 0 Å². The van der Waals surface area contributed by atoms with E-state index in [-0.39, 0.29) is 11.5 Å². The van der Waals surface area contributed by atoms with Crippen LogP contribution in [0.2, 0.25) is 0 Å². The molecule has 0 bridgehead atoms. The van der Waals surface area contributed by atoms with E-state index in [0.29, 0.717) is 12.3 Å². The molecule has 1 aromatic rings. The van der Waals surface area contributed by atoms with Crippen LogP contribution in [0.15, 0.2) is 18.2 Å². The van der Waals surface area contributed by atoms with Gasteiger partial charge in [-0.15, -0.1) is 0 Å². The molecule has 0 spiro atoms. The maximum absolute atomic E-state index is 11.6. The van der Waals surface area contributed by atoms with Gasteiger partial charge >= 0.3 is 7.48 Å². The molecule has 0 saturated carbocycles. The van der Waals surface area contributed by atoms with Crippen molar-refractivity contribution in [2.45, 2.75) is 39.7 Å². The number of benzene rings is 1. The van der Waals surface area contributed by atoms with E-state index in [2.05, 4.69) is 27.7 Å². The Labute approximate surface area is 116 Å². The Balaban J connectivity index is 2.10. The second-order valence-electron chi connectivity index (χ2n) is 6.01. The van der Waals surface area contributed by atoms with E-state index >= 15 is 0 Å². The Kier molecular flexibility index (Phi) is 3.72. The first-order valence-electron chi connectivity index (χ1n) is 6.72. The van der Waals surface area contributed by atoms with Gasteiger partial charge in [0.15, 0.2) is 0 Å². The summed E-state index contributed by atoms with van der Waals surface area (Å²) < 4.78 is 5.87. The number of nitrogens with zero attached hydrogens (tertiary/aromatic N) is 1.